The van der Waals surface area contributed by atoms with E-state index >= 15 is 0 Å². The first-order valence-corrected chi connectivity index (χ1v) is 10.8. The highest BCUT2D eigenvalue weighted by Gasteiger charge is 2.42. The largest absolute Gasteiger partial charge is 0.497 e. The van der Waals surface area contributed by atoms with E-state index in [1.165, 1.54) is 22.3 Å². The van der Waals surface area contributed by atoms with Gasteiger partial charge in [0.05, 0.1) is 42.7 Å². The lowest BCUT2D eigenvalue weighted by molar-refractivity contribution is 0.353. The van der Waals surface area contributed by atoms with Crippen LogP contribution in [0.2, 0.25) is 0 Å². The summed E-state index contributed by atoms with van der Waals surface area (Å²) in [5, 5.41) is 0. The maximum atomic E-state index is 5.91. The van der Waals surface area contributed by atoms with Gasteiger partial charge < -0.3 is 28.4 Å². The predicted molar refractivity (Wildman–Crippen MR) is 125 cm³/mol. The minimum Gasteiger partial charge on any atom is -0.497 e. The lowest BCUT2D eigenvalue weighted by atomic mass is 9.72. The van der Waals surface area contributed by atoms with Crippen LogP contribution in [0, 0.1) is 0 Å². The van der Waals surface area contributed by atoms with E-state index in [2.05, 4.69) is 24.3 Å². The number of hydrogen-bond acceptors (Lipinski definition) is 6. The summed E-state index contributed by atoms with van der Waals surface area (Å²) in [5.41, 5.74) is 7.00. The summed E-state index contributed by atoms with van der Waals surface area (Å²) in [4.78, 5) is 0. The highest BCUT2D eigenvalue weighted by Crippen LogP contribution is 2.58. The number of ether oxygens (including phenoxy) is 6. The molecule has 172 valence electrons. The minimum atomic E-state index is -0.0894. The molecule has 0 amide bonds. The molecule has 3 aliphatic carbocycles. The van der Waals surface area contributed by atoms with Crippen molar-refractivity contribution in [3.63, 3.8) is 0 Å². The molecule has 0 heterocycles. The molecule has 0 spiro atoms. The van der Waals surface area contributed by atoms with E-state index in [1.54, 1.807) is 42.7 Å². The van der Waals surface area contributed by atoms with Gasteiger partial charge in [0.15, 0.2) is 11.5 Å². The monoisotopic (exact) mass is 448 g/mol. The van der Waals surface area contributed by atoms with Crippen molar-refractivity contribution in [2.75, 3.05) is 42.7 Å². The summed E-state index contributed by atoms with van der Waals surface area (Å²) in [5.74, 6) is 4.54. The molecule has 0 saturated carbocycles. The van der Waals surface area contributed by atoms with Crippen LogP contribution in [0.5, 0.6) is 34.5 Å². The van der Waals surface area contributed by atoms with E-state index in [0.717, 1.165) is 40.5 Å². The molecule has 0 aromatic heterocycles. The molecular weight excluding hydrogens is 420 g/mol. The average Bonchev–Trinajstić information content (AvgIpc) is 3.09. The molecule has 0 saturated heterocycles. The highest BCUT2D eigenvalue weighted by atomic mass is 16.5. The number of benzene rings is 3. The van der Waals surface area contributed by atoms with Crippen molar-refractivity contribution >= 4 is 0 Å². The Kier molecular flexibility index (Phi) is 5.23. The molecule has 6 heteroatoms. The van der Waals surface area contributed by atoms with Crippen molar-refractivity contribution in [1.82, 2.24) is 0 Å². The summed E-state index contributed by atoms with van der Waals surface area (Å²) in [6.45, 7) is 0. The van der Waals surface area contributed by atoms with Crippen molar-refractivity contribution in [3.05, 3.63) is 69.8 Å². The SMILES string of the molecule is COc1cc2c(c(OC)c1)C1c3cc(OC)c(OC)cc3C(C2)c2c(OC)cc(OC)cc21. The van der Waals surface area contributed by atoms with Gasteiger partial charge in [0.1, 0.15) is 23.0 Å². The first-order chi connectivity index (χ1) is 16.1. The first kappa shape index (κ1) is 21.3. The van der Waals surface area contributed by atoms with Crippen LogP contribution in [-0.4, -0.2) is 42.7 Å². The molecule has 0 fully saturated rings. The molecular formula is C27H28O6. The van der Waals surface area contributed by atoms with Gasteiger partial charge in [-0.1, -0.05) is 0 Å². The summed E-state index contributed by atoms with van der Waals surface area (Å²) in [6.07, 6.45) is 0.775. The van der Waals surface area contributed by atoms with Gasteiger partial charge in [-0.2, -0.15) is 0 Å². The summed E-state index contributed by atoms with van der Waals surface area (Å²) >= 11 is 0. The molecule has 33 heavy (non-hydrogen) atoms. The standard InChI is InChI=1S/C27H28O6/c1-28-15-7-14-8-18-17-12-21(30-3)22(31-4)13-19(17)27(25(14)23(10-15)32-5)20-9-16(29-2)11-24(33-6)26(18)20/h7,9-13,18,27H,8H2,1-6H3. The Bertz CT molecular complexity index is 1230. The zero-order chi connectivity index (χ0) is 23.3. The summed E-state index contributed by atoms with van der Waals surface area (Å²) < 4.78 is 34.4. The molecule has 3 aliphatic rings. The molecule has 2 bridgehead atoms. The molecule has 3 aromatic carbocycles. The van der Waals surface area contributed by atoms with Gasteiger partial charge in [-0.15, -0.1) is 0 Å². The fraction of sp³-hybridized carbons (Fsp3) is 0.333. The Morgan fingerprint density at radius 3 is 1.64 bits per heavy atom. The van der Waals surface area contributed by atoms with Gasteiger partial charge in [0.2, 0.25) is 0 Å². The zero-order valence-electron chi connectivity index (χ0n) is 19.8. The van der Waals surface area contributed by atoms with Gasteiger partial charge in [-0.25, -0.2) is 0 Å². The second kappa shape index (κ2) is 8.10. The molecule has 2 unspecified atom stereocenters. The molecule has 0 aliphatic heterocycles. The van der Waals surface area contributed by atoms with E-state index in [-0.39, 0.29) is 11.8 Å². The van der Waals surface area contributed by atoms with Gasteiger partial charge >= 0.3 is 0 Å². The quantitative estimate of drug-likeness (QED) is 0.534. The van der Waals surface area contributed by atoms with E-state index in [9.17, 15) is 0 Å². The second-order valence-electron chi connectivity index (χ2n) is 8.26. The number of hydrogen-bond donors (Lipinski definition) is 0. The number of rotatable bonds is 6. The predicted octanol–water partition coefficient (Wildman–Crippen LogP) is 4.92. The van der Waals surface area contributed by atoms with Crippen molar-refractivity contribution < 1.29 is 28.4 Å². The van der Waals surface area contributed by atoms with Crippen LogP contribution in [0.25, 0.3) is 0 Å². The van der Waals surface area contributed by atoms with Crippen molar-refractivity contribution in [1.29, 1.82) is 0 Å². The van der Waals surface area contributed by atoms with E-state index < -0.39 is 0 Å². The average molecular weight is 449 g/mol. The molecule has 6 rings (SSSR count). The van der Waals surface area contributed by atoms with Crippen LogP contribution in [-0.2, 0) is 6.42 Å². The van der Waals surface area contributed by atoms with Crippen molar-refractivity contribution in [3.8, 4) is 34.5 Å². The summed E-state index contributed by atoms with van der Waals surface area (Å²) in [6, 6.07) is 12.4. The third kappa shape index (κ3) is 3.08. The van der Waals surface area contributed by atoms with Crippen molar-refractivity contribution in [2.45, 2.75) is 18.3 Å². The third-order valence-corrected chi connectivity index (χ3v) is 6.91. The minimum absolute atomic E-state index is 0.0602. The molecule has 2 atom stereocenters. The number of methoxy groups -OCH3 is 6. The maximum absolute atomic E-state index is 5.91. The van der Waals surface area contributed by atoms with Crippen LogP contribution in [0.4, 0.5) is 0 Å². The van der Waals surface area contributed by atoms with E-state index in [1.807, 2.05) is 12.1 Å². The first-order valence-electron chi connectivity index (χ1n) is 10.8. The fourth-order valence-corrected chi connectivity index (χ4v) is 5.49. The summed E-state index contributed by atoms with van der Waals surface area (Å²) in [7, 11) is 10.1. The second-order valence-corrected chi connectivity index (χ2v) is 8.26. The van der Waals surface area contributed by atoms with E-state index in [0.29, 0.717) is 11.5 Å². The highest BCUT2D eigenvalue weighted by molar-refractivity contribution is 5.70. The van der Waals surface area contributed by atoms with Crippen molar-refractivity contribution in [2.24, 2.45) is 0 Å². The Balaban J connectivity index is 1.90. The molecule has 6 nitrogen and oxygen atoms in total. The Hall–Kier alpha value is -3.54. The van der Waals surface area contributed by atoms with Crippen LogP contribution in [0.1, 0.15) is 45.2 Å². The Morgan fingerprint density at radius 1 is 0.515 bits per heavy atom. The van der Waals surface area contributed by atoms with Gasteiger partial charge in [0.25, 0.3) is 0 Å². The van der Waals surface area contributed by atoms with Gasteiger partial charge in [-0.05, 0) is 52.9 Å². The third-order valence-electron chi connectivity index (χ3n) is 6.91. The fourth-order valence-electron chi connectivity index (χ4n) is 5.49. The van der Waals surface area contributed by atoms with E-state index in [4.69, 9.17) is 28.4 Å². The van der Waals surface area contributed by atoms with Crippen LogP contribution in [0.15, 0.2) is 36.4 Å². The van der Waals surface area contributed by atoms with Crippen LogP contribution in [0.3, 0.4) is 0 Å². The maximum Gasteiger partial charge on any atom is 0.161 e. The molecule has 0 radical (unpaired) electrons. The lowest BCUT2D eigenvalue weighted by Crippen LogP contribution is -2.18. The normalized spacial score (nSPS) is 17.3. The molecule has 3 aromatic rings. The Morgan fingerprint density at radius 2 is 1.06 bits per heavy atom. The van der Waals surface area contributed by atoms with Crippen LogP contribution >= 0.6 is 0 Å². The zero-order valence-corrected chi connectivity index (χ0v) is 19.8. The lowest BCUT2D eigenvalue weighted by Gasteiger charge is -2.33. The molecule has 0 N–H and O–H groups in total. The van der Waals surface area contributed by atoms with Crippen LogP contribution < -0.4 is 28.4 Å². The topological polar surface area (TPSA) is 55.4 Å². The van der Waals surface area contributed by atoms with Gasteiger partial charge in [-0.3, -0.25) is 0 Å². The smallest absolute Gasteiger partial charge is 0.161 e. The van der Waals surface area contributed by atoms with Gasteiger partial charge in [0, 0.05) is 35.1 Å². The Labute approximate surface area is 193 Å².